The maximum absolute atomic E-state index is 13.2. The van der Waals surface area contributed by atoms with Crippen molar-refractivity contribution in [3.63, 3.8) is 0 Å². The molecule has 3 aromatic heterocycles. The number of rotatable bonds is 4. The lowest BCUT2D eigenvalue weighted by Crippen LogP contribution is -2.47. The van der Waals surface area contributed by atoms with Gasteiger partial charge in [-0.05, 0) is 44.9 Å². The first-order chi connectivity index (χ1) is 13.0. The first kappa shape index (κ1) is 18.1. The molecule has 1 atom stereocenters. The first-order valence-electron chi connectivity index (χ1n) is 8.90. The molecule has 0 bridgehead atoms. The van der Waals surface area contributed by atoms with Crippen LogP contribution in [0.4, 0.5) is 5.82 Å². The van der Waals surface area contributed by atoms with Gasteiger partial charge in [-0.15, -0.1) is 11.3 Å². The Morgan fingerprint density at radius 1 is 1.41 bits per heavy atom. The Labute approximate surface area is 165 Å². The first-order valence-corrected chi connectivity index (χ1v) is 10.2. The molecule has 0 amide bonds. The van der Waals surface area contributed by atoms with E-state index in [2.05, 4.69) is 26.3 Å². The minimum absolute atomic E-state index is 0.0225. The Kier molecular flexibility index (Phi) is 4.74. The second kappa shape index (κ2) is 7.05. The van der Waals surface area contributed by atoms with Crippen LogP contribution >= 0.6 is 22.9 Å². The van der Waals surface area contributed by atoms with Gasteiger partial charge < -0.3 is 9.88 Å². The summed E-state index contributed by atoms with van der Waals surface area (Å²) in [5.74, 6) is 0.676. The van der Waals surface area contributed by atoms with Gasteiger partial charge in [-0.3, -0.25) is 4.79 Å². The minimum atomic E-state index is -0.124. The van der Waals surface area contributed by atoms with Crippen LogP contribution in [0.5, 0.6) is 0 Å². The summed E-state index contributed by atoms with van der Waals surface area (Å²) >= 11 is 7.72. The van der Waals surface area contributed by atoms with Crippen molar-refractivity contribution in [3.8, 4) is 0 Å². The van der Waals surface area contributed by atoms with E-state index in [0.29, 0.717) is 16.1 Å². The van der Waals surface area contributed by atoms with Gasteiger partial charge in [0, 0.05) is 16.8 Å². The lowest BCUT2D eigenvalue weighted by atomic mass is 10.1. The van der Waals surface area contributed by atoms with Crippen molar-refractivity contribution in [2.75, 3.05) is 5.32 Å². The molecule has 4 rings (SSSR count). The molecular formula is C19H20ClN5OS. The molecule has 6 nitrogen and oxygen atoms in total. The van der Waals surface area contributed by atoms with Crippen molar-refractivity contribution < 1.29 is 0 Å². The molecule has 1 aliphatic carbocycles. The lowest BCUT2D eigenvalue weighted by molar-refractivity contribution is 0.624. The number of thiazole rings is 1. The summed E-state index contributed by atoms with van der Waals surface area (Å²) in [6.07, 6.45) is 5.49. The highest BCUT2D eigenvalue weighted by molar-refractivity contribution is 7.16. The Hall–Kier alpha value is -2.25. The molecule has 1 saturated carbocycles. The van der Waals surface area contributed by atoms with Crippen LogP contribution in [0.1, 0.15) is 51.4 Å². The molecule has 0 radical (unpaired) electrons. The van der Waals surface area contributed by atoms with E-state index in [-0.39, 0.29) is 17.6 Å². The van der Waals surface area contributed by atoms with E-state index in [0.717, 1.165) is 34.1 Å². The van der Waals surface area contributed by atoms with Crippen LogP contribution in [-0.2, 0) is 0 Å². The third-order valence-electron chi connectivity index (χ3n) is 4.80. The third-order valence-corrected chi connectivity index (χ3v) is 5.72. The molecule has 0 saturated heterocycles. The van der Waals surface area contributed by atoms with E-state index in [1.54, 1.807) is 12.4 Å². The van der Waals surface area contributed by atoms with Crippen LogP contribution in [0.15, 0.2) is 22.7 Å². The zero-order valence-electron chi connectivity index (χ0n) is 15.4. The minimum Gasteiger partial charge on any atom is -0.360 e. The number of aromatic nitrogens is 4. The van der Waals surface area contributed by atoms with Crippen LogP contribution in [0.2, 0.25) is 0 Å². The predicted molar refractivity (Wildman–Crippen MR) is 111 cm³/mol. The molecule has 1 unspecified atom stereocenters. The number of nitrogens with zero attached hydrogens (tertiary/aromatic N) is 4. The molecule has 0 aliphatic heterocycles. The van der Waals surface area contributed by atoms with E-state index in [1.807, 2.05) is 24.5 Å². The standard InChI is InChI=1S/C19H20ClN5OS/c1-4-12-7-14(25(13-5-6-13)19(26)15(12)10(2)20)11(3)24-17-16-18(22-8-21-17)27-9-23-16/h4,7-9,11,13H,5-6H2,1-3H3,(H,21,22,24). The number of anilines is 1. The number of hydrogen-bond donors (Lipinski definition) is 1. The molecular weight excluding hydrogens is 382 g/mol. The van der Waals surface area contributed by atoms with Gasteiger partial charge in [0.1, 0.15) is 16.7 Å². The Morgan fingerprint density at radius 2 is 2.19 bits per heavy atom. The molecule has 3 aromatic rings. The van der Waals surface area contributed by atoms with Gasteiger partial charge in [0.2, 0.25) is 0 Å². The van der Waals surface area contributed by atoms with Crippen molar-refractivity contribution in [2.45, 2.75) is 45.7 Å². The van der Waals surface area contributed by atoms with Gasteiger partial charge in [0.15, 0.2) is 5.82 Å². The summed E-state index contributed by atoms with van der Waals surface area (Å²) in [7, 11) is 0. The molecule has 0 spiro atoms. The molecule has 1 N–H and O–H groups in total. The lowest BCUT2D eigenvalue weighted by Gasteiger charge is -2.20. The molecule has 0 aromatic carbocycles. The van der Waals surface area contributed by atoms with Gasteiger partial charge >= 0.3 is 0 Å². The maximum Gasteiger partial charge on any atom is 0.260 e. The number of fused-ring (bicyclic) bond motifs is 1. The average molecular weight is 402 g/mol. The summed E-state index contributed by atoms with van der Waals surface area (Å²) in [6, 6.07) is 2.17. The van der Waals surface area contributed by atoms with Crippen molar-refractivity contribution >= 4 is 50.2 Å². The monoisotopic (exact) mass is 401 g/mol. The van der Waals surface area contributed by atoms with Gasteiger partial charge in [0.05, 0.1) is 16.8 Å². The van der Waals surface area contributed by atoms with Crippen LogP contribution in [0.3, 0.4) is 0 Å². The topological polar surface area (TPSA) is 72.7 Å². The Balaban J connectivity index is 1.86. The molecule has 8 heteroatoms. The summed E-state index contributed by atoms with van der Waals surface area (Å²) in [5.41, 5.74) is 3.41. The SMILES string of the molecule is CC=c1cc(C(C)Nc2ncnc3scnc23)n(C2CC2)c(=O)c1=C(C)Cl. The van der Waals surface area contributed by atoms with E-state index >= 15 is 0 Å². The largest absolute Gasteiger partial charge is 0.360 e. The third kappa shape index (κ3) is 3.26. The Morgan fingerprint density at radius 3 is 2.85 bits per heavy atom. The molecule has 1 aliphatic rings. The van der Waals surface area contributed by atoms with Crippen molar-refractivity contribution in [3.05, 3.63) is 44.4 Å². The van der Waals surface area contributed by atoms with E-state index < -0.39 is 0 Å². The summed E-state index contributed by atoms with van der Waals surface area (Å²) in [5, 5.41) is 5.38. The second-order valence-electron chi connectivity index (χ2n) is 6.72. The zero-order chi connectivity index (χ0) is 19.1. The quantitative estimate of drug-likeness (QED) is 0.727. The van der Waals surface area contributed by atoms with Crippen molar-refractivity contribution in [1.29, 1.82) is 0 Å². The molecule has 140 valence electrons. The normalized spacial score (nSPS) is 17.3. The van der Waals surface area contributed by atoms with Crippen LogP contribution in [-0.4, -0.2) is 19.5 Å². The summed E-state index contributed by atoms with van der Waals surface area (Å²) in [4.78, 5) is 27.0. The summed E-state index contributed by atoms with van der Waals surface area (Å²) in [6.45, 7) is 5.72. The van der Waals surface area contributed by atoms with E-state index in [4.69, 9.17) is 11.6 Å². The van der Waals surface area contributed by atoms with E-state index in [9.17, 15) is 4.79 Å². The average Bonchev–Trinajstić information content (AvgIpc) is 3.35. The van der Waals surface area contributed by atoms with Gasteiger partial charge in [0.25, 0.3) is 5.56 Å². The number of hydrogen-bond acceptors (Lipinski definition) is 6. The van der Waals surface area contributed by atoms with Crippen LogP contribution in [0, 0.1) is 0 Å². The fourth-order valence-corrected chi connectivity index (χ4v) is 4.17. The second-order valence-corrected chi connectivity index (χ2v) is 8.12. The van der Waals surface area contributed by atoms with Crippen molar-refractivity contribution in [2.24, 2.45) is 0 Å². The fraction of sp³-hybridized carbons (Fsp3) is 0.368. The zero-order valence-corrected chi connectivity index (χ0v) is 16.9. The van der Waals surface area contributed by atoms with Crippen LogP contribution < -0.4 is 21.3 Å². The van der Waals surface area contributed by atoms with Gasteiger partial charge in [-0.1, -0.05) is 17.7 Å². The van der Waals surface area contributed by atoms with Gasteiger partial charge in [-0.2, -0.15) is 0 Å². The maximum atomic E-state index is 13.2. The predicted octanol–water partition coefficient (Wildman–Crippen LogP) is 2.92. The summed E-state index contributed by atoms with van der Waals surface area (Å²) < 4.78 is 1.89. The van der Waals surface area contributed by atoms with E-state index in [1.165, 1.54) is 17.7 Å². The number of halogens is 1. The highest BCUT2D eigenvalue weighted by atomic mass is 35.5. The highest BCUT2D eigenvalue weighted by Crippen LogP contribution is 2.35. The molecule has 27 heavy (non-hydrogen) atoms. The Bertz CT molecular complexity index is 1190. The number of nitrogens with one attached hydrogen (secondary N) is 1. The van der Waals surface area contributed by atoms with Gasteiger partial charge in [-0.25, -0.2) is 15.0 Å². The highest BCUT2D eigenvalue weighted by Gasteiger charge is 2.29. The fourth-order valence-electron chi connectivity index (χ4n) is 3.36. The molecule has 3 heterocycles. The molecule has 1 fully saturated rings. The number of pyridine rings is 1. The van der Waals surface area contributed by atoms with Crippen LogP contribution in [0.25, 0.3) is 21.5 Å². The van der Waals surface area contributed by atoms with Crippen molar-refractivity contribution in [1.82, 2.24) is 19.5 Å². The smallest absolute Gasteiger partial charge is 0.260 e.